The normalized spacial score (nSPS) is 11.0. The quantitative estimate of drug-likeness (QED) is 0.710. The van der Waals surface area contributed by atoms with Gasteiger partial charge in [0, 0.05) is 17.9 Å². The summed E-state index contributed by atoms with van der Waals surface area (Å²) in [4.78, 5) is 4.23. The van der Waals surface area contributed by atoms with Crippen molar-refractivity contribution < 1.29 is 13.2 Å². The largest absolute Gasteiger partial charge is 0.433 e. The number of nitrogens with zero attached hydrogens (tertiary/aromatic N) is 1. The van der Waals surface area contributed by atoms with E-state index in [-0.39, 0.29) is 17.0 Å². The lowest BCUT2D eigenvalue weighted by Gasteiger charge is -2.09. The molecule has 0 saturated heterocycles. The van der Waals surface area contributed by atoms with E-state index in [2.05, 4.69) is 10.3 Å². The van der Waals surface area contributed by atoms with Gasteiger partial charge in [-0.2, -0.15) is 4.39 Å². The van der Waals surface area contributed by atoms with Crippen LogP contribution in [0.1, 0.15) is 13.3 Å². The number of oxazole rings is 1. The van der Waals surface area contributed by atoms with E-state index in [9.17, 15) is 8.78 Å². The minimum absolute atomic E-state index is 0.195. The molecule has 0 bridgehead atoms. The van der Waals surface area contributed by atoms with Gasteiger partial charge >= 0.3 is 0 Å². The minimum atomic E-state index is -1.04. The van der Waals surface area contributed by atoms with Crippen molar-refractivity contribution in [3.8, 4) is 11.5 Å². The van der Waals surface area contributed by atoms with Crippen LogP contribution < -0.4 is 11.1 Å². The molecule has 0 saturated carbocycles. The smallest absolute Gasteiger partial charge is 0.229 e. The van der Waals surface area contributed by atoms with E-state index in [1.165, 1.54) is 6.07 Å². The first-order chi connectivity index (χ1) is 10.6. The Morgan fingerprint density at radius 3 is 2.82 bits per heavy atom. The molecule has 0 aliphatic carbocycles. The summed E-state index contributed by atoms with van der Waals surface area (Å²) in [6, 6.07) is 7.67. The molecule has 0 unspecified atom stereocenters. The number of halogens is 2. The minimum Gasteiger partial charge on any atom is -0.433 e. The summed E-state index contributed by atoms with van der Waals surface area (Å²) in [5.41, 5.74) is 7.81. The molecule has 0 aliphatic rings. The zero-order chi connectivity index (χ0) is 15.7. The number of nitrogen functional groups attached to an aromatic ring is 1. The van der Waals surface area contributed by atoms with Crippen LogP contribution in [0.4, 0.5) is 20.2 Å². The Labute approximate surface area is 125 Å². The standard InChI is InChI=1S/C16H15F2N3O/c1-2-7-20-12-5-3-9(19)8-10(12)16-21-13-6-4-11(17)14(18)15(13)22-16/h3-6,8,20H,2,7,19H2,1H3. The van der Waals surface area contributed by atoms with Crippen LogP contribution in [0.15, 0.2) is 34.7 Å². The van der Waals surface area contributed by atoms with Crippen molar-refractivity contribution in [3.05, 3.63) is 42.0 Å². The average molecular weight is 303 g/mol. The topological polar surface area (TPSA) is 64.1 Å². The van der Waals surface area contributed by atoms with Crippen molar-refractivity contribution in [1.82, 2.24) is 4.98 Å². The Morgan fingerprint density at radius 1 is 1.23 bits per heavy atom. The van der Waals surface area contributed by atoms with Crippen molar-refractivity contribution in [2.75, 3.05) is 17.6 Å². The van der Waals surface area contributed by atoms with Crippen molar-refractivity contribution in [1.29, 1.82) is 0 Å². The van der Waals surface area contributed by atoms with Crippen LogP contribution in [0.2, 0.25) is 0 Å². The molecule has 22 heavy (non-hydrogen) atoms. The van der Waals surface area contributed by atoms with E-state index in [1.807, 2.05) is 13.0 Å². The van der Waals surface area contributed by atoms with Crippen LogP contribution in [-0.4, -0.2) is 11.5 Å². The van der Waals surface area contributed by atoms with Crippen LogP contribution in [-0.2, 0) is 0 Å². The second kappa shape index (κ2) is 5.63. The molecule has 3 rings (SSSR count). The lowest BCUT2D eigenvalue weighted by atomic mass is 10.1. The van der Waals surface area contributed by atoms with E-state index < -0.39 is 11.6 Å². The second-order valence-corrected chi connectivity index (χ2v) is 4.96. The van der Waals surface area contributed by atoms with E-state index in [0.717, 1.165) is 24.7 Å². The molecule has 1 heterocycles. The molecule has 0 aliphatic heterocycles. The van der Waals surface area contributed by atoms with Crippen LogP contribution in [0.3, 0.4) is 0 Å². The SMILES string of the molecule is CCCNc1ccc(N)cc1-c1nc2ccc(F)c(F)c2o1. The first-order valence-corrected chi connectivity index (χ1v) is 6.98. The number of aromatic nitrogens is 1. The summed E-state index contributed by atoms with van der Waals surface area (Å²) >= 11 is 0. The molecule has 114 valence electrons. The molecule has 0 spiro atoms. The van der Waals surface area contributed by atoms with Gasteiger partial charge in [-0.3, -0.25) is 0 Å². The van der Waals surface area contributed by atoms with Crippen LogP contribution in [0, 0.1) is 11.6 Å². The molecular formula is C16H15F2N3O. The Hall–Kier alpha value is -2.63. The number of fused-ring (bicyclic) bond motifs is 1. The van der Waals surface area contributed by atoms with Gasteiger partial charge in [0.05, 0.1) is 5.56 Å². The lowest BCUT2D eigenvalue weighted by molar-refractivity contribution is 0.493. The van der Waals surface area contributed by atoms with E-state index in [4.69, 9.17) is 10.2 Å². The van der Waals surface area contributed by atoms with Gasteiger partial charge in [-0.05, 0) is 36.8 Å². The highest BCUT2D eigenvalue weighted by Gasteiger charge is 2.17. The van der Waals surface area contributed by atoms with E-state index >= 15 is 0 Å². The average Bonchev–Trinajstić information content (AvgIpc) is 2.94. The van der Waals surface area contributed by atoms with Gasteiger partial charge in [0.25, 0.3) is 0 Å². The maximum Gasteiger partial charge on any atom is 0.229 e. The van der Waals surface area contributed by atoms with Gasteiger partial charge in [-0.15, -0.1) is 0 Å². The molecule has 1 aromatic heterocycles. The Bertz CT molecular complexity index is 830. The van der Waals surface area contributed by atoms with Crippen molar-refractivity contribution >= 4 is 22.5 Å². The third-order valence-corrected chi connectivity index (χ3v) is 3.29. The molecule has 2 aromatic carbocycles. The predicted octanol–water partition coefficient (Wildman–Crippen LogP) is 4.18. The van der Waals surface area contributed by atoms with Gasteiger partial charge < -0.3 is 15.5 Å². The zero-order valence-electron chi connectivity index (χ0n) is 12.0. The fourth-order valence-electron chi connectivity index (χ4n) is 2.20. The zero-order valence-corrected chi connectivity index (χ0v) is 12.0. The molecule has 0 radical (unpaired) electrons. The summed E-state index contributed by atoms with van der Waals surface area (Å²) in [5, 5.41) is 3.24. The number of rotatable bonds is 4. The third-order valence-electron chi connectivity index (χ3n) is 3.29. The van der Waals surface area contributed by atoms with Gasteiger partial charge in [-0.25, -0.2) is 9.37 Å². The second-order valence-electron chi connectivity index (χ2n) is 4.96. The summed E-state index contributed by atoms with van der Waals surface area (Å²) in [5.74, 6) is -1.80. The fourth-order valence-corrected chi connectivity index (χ4v) is 2.20. The summed E-state index contributed by atoms with van der Waals surface area (Å²) < 4.78 is 32.5. The van der Waals surface area contributed by atoms with Gasteiger partial charge in [0.2, 0.25) is 11.7 Å². The number of hydrogen-bond acceptors (Lipinski definition) is 4. The Balaban J connectivity index is 2.14. The molecule has 4 nitrogen and oxygen atoms in total. The number of nitrogens with one attached hydrogen (secondary N) is 1. The Morgan fingerprint density at radius 2 is 2.05 bits per heavy atom. The van der Waals surface area contributed by atoms with Crippen molar-refractivity contribution in [2.45, 2.75) is 13.3 Å². The summed E-state index contributed by atoms with van der Waals surface area (Å²) in [6.07, 6.45) is 0.942. The van der Waals surface area contributed by atoms with Crippen LogP contribution in [0.25, 0.3) is 22.6 Å². The van der Waals surface area contributed by atoms with Gasteiger partial charge in [-0.1, -0.05) is 6.92 Å². The highest BCUT2D eigenvalue weighted by Crippen LogP contribution is 2.33. The molecule has 0 atom stereocenters. The molecule has 6 heteroatoms. The number of hydrogen-bond donors (Lipinski definition) is 2. The highest BCUT2D eigenvalue weighted by molar-refractivity contribution is 5.82. The first-order valence-electron chi connectivity index (χ1n) is 6.98. The van der Waals surface area contributed by atoms with Gasteiger partial charge in [0.15, 0.2) is 11.4 Å². The first kappa shape index (κ1) is 14.3. The van der Waals surface area contributed by atoms with Gasteiger partial charge in [0.1, 0.15) is 5.52 Å². The number of benzene rings is 2. The molecule has 0 fully saturated rings. The number of nitrogens with two attached hydrogens (primary N) is 1. The molecule has 3 N–H and O–H groups in total. The lowest BCUT2D eigenvalue weighted by Crippen LogP contribution is -2.02. The van der Waals surface area contributed by atoms with Crippen molar-refractivity contribution in [3.63, 3.8) is 0 Å². The summed E-state index contributed by atoms with van der Waals surface area (Å²) in [7, 11) is 0. The van der Waals surface area contributed by atoms with E-state index in [0.29, 0.717) is 11.3 Å². The summed E-state index contributed by atoms with van der Waals surface area (Å²) in [6.45, 7) is 2.81. The van der Waals surface area contributed by atoms with E-state index in [1.54, 1.807) is 12.1 Å². The highest BCUT2D eigenvalue weighted by atomic mass is 19.2. The maximum absolute atomic E-state index is 13.8. The molecule has 0 amide bonds. The predicted molar refractivity (Wildman–Crippen MR) is 82.6 cm³/mol. The third kappa shape index (κ3) is 2.47. The number of anilines is 2. The Kier molecular flexibility index (Phi) is 3.66. The van der Waals surface area contributed by atoms with Crippen LogP contribution in [0.5, 0.6) is 0 Å². The van der Waals surface area contributed by atoms with Crippen molar-refractivity contribution in [2.24, 2.45) is 0 Å². The maximum atomic E-state index is 13.8. The monoisotopic (exact) mass is 303 g/mol. The van der Waals surface area contributed by atoms with Crippen LogP contribution >= 0.6 is 0 Å². The molecular weight excluding hydrogens is 288 g/mol. The molecule has 3 aromatic rings. The fraction of sp³-hybridized carbons (Fsp3) is 0.188.